The van der Waals surface area contributed by atoms with Crippen molar-refractivity contribution in [1.82, 2.24) is 5.32 Å². The number of amides is 1. The van der Waals surface area contributed by atoms with Gasteiger partial charge in [0.1, 0.15) is 6.04 Å². The van der Waals surface area contributed by atoms with Crippen molar-refractivity contribution < 1.29 is 9.53 Å². The number of likely N-dealkylation sites (N-methyl/N-ethyl adjacent to an activating group) is 2. The van der Waals surface area contributed by atoms with Gasteiger partial charge in [0.05, 0.1) is 6.10 Å². The number of rotatable bonds is 5. The first-order valence-electron chi connectivity index (χ1n) is 7.71. The number of nitrogens with zero attached hydrogens (tertiary/aromatic N) is 1. The van der Waals surface area contributed by atoms with E-state index < -0.39 is 0 Å². The summed E-state index contributed by atoms with van der Waals surface area (Å²) in [5.74, 6) is 0.0202. The molecular formula is C16H23N3O2. The van der Waals surface area contributed by atoms with Crippen LogP contribution in [0.3, 0.4) is 0 Å². The highest BCUT2D eigenvalue weighted by Gasteiger charge is 2.29. The minimum atomic E-state index is -0.234. The highest BCUT2D eigenvalue weighted by molar-refractivity contribution is 6.03. The van der Waals surface area contributed by atoms with E-state index in [1.165, 1.54) is 0 Å². The first-order valence-corrected chi connectivity index (χ1v) is 7.71. The summed E-state index contributed by atoms with van der Waals surface area (Å²) in [5, 5.41) is 6.00. The van der Waals surface area contributed by atoms with Gasteiger partial charge in [-0.15, -0.1) is 0 Å². The molecule has 1 aromatic rings. The molecule has 0 spiro atoms. The number of anilines is 2. The van der Waals surface area contributed by atoms with Gasteiger partial charge in [-0.05, 0) is 38.9 Å². The minimum absolute atomic E-state index is 0.0202. The molecule has 5 nitrogen and oxygen atoms in total. The molecule has 114 valence electrons. The predicted octanol–water partition coefficient (Wildman–Crippen LogP) is 1.90. The number of hydrogen-bond donors (Lipinski definition) is 2. The Labute approximate surface area is 125 Å². The second kappa shape index (κ2) is 6.03. The van der Waals surface area contributed by atoms with Crippen LogP contribution < -0.4 is 15.5 Å². The number of fused-ring (bicyclic) bond motifs is 1. The van der Waals surface area contributed by atoms with Gasteiger partial charge in [-0.25, -0.2) is 0 Å². The summed E-state index contributed by atoms with van der Waals surface area (Å²) in [7, 11) is 1.81. The van der Waals surface area contributed by atoms with Gasteiger partial charge in [-0.1, -0.05) is 6.07 Å². The van der Waals surface area contributed by atoms with Gasteiger partial charge in [0, 0.05) is 36.6 Å². The average Bonchev–Trinajstić information content (AvgIpc) is 3.10. The fourth-order valence-electron chi connectivity index (χ4n) is 3.18. The Bertz CT molecular complexity index is 526. The zero-order chi connectivity index (χ0) is 14.8. The molecule has 0 aromatic heterocycles. The van der Waals surface area contributed by atoms with Crippen LogP contribution in [0.4, 0.5) is 11.4 Å². The Morgan fingerprint density at radius 2 is 2.33 bits per heavy atom. The van der Waals surface area contributed by atoms with Gasteiger partial charge in [-0.2, -0.15) is 0 Å². The molecule has 2 aliphatic heterocycles. The van der Waals surface area contributed by atoms with E-state index in [1.54, 1.807) is 0 Å². The SMILES string of the molecule is CCN(CC1CCCO1)c1ccc2c(c1)NC(=O)C2NC. The number of carbonyl (C=O) groups is 1. The molecule has 1 saturated heterocycles. The fraction of sp³-hybridized carbons (Fsp3) is 0.562. The molecule has 3 rings (SSSR count). The van der Waals surface area contributed by atoms with Crippen LogP contribution in [0.25, 0.3) is 0 Å². The van der Waals surface area contributed by atoms with Crippen LogP contribution in [-0.2, 0) is 9.53 Å². The van der Waals surface area contributed by atoms with Crippen LogP contribution in [0.5, 0.6) is 0 Å². The summed E-state index contributed by atoms with van der Waals surface area (Å²) in [6, 6.07) is 5.98. The zero-order valence-electron chi connectivity index (χ0n) is 12.7. The lowest BCUT2D eigenvalue weighted by atomic mass is 10.1. The molecule has 2 N–H and O–H groups in total. The molecule has 0 radical (unpaired) electrons. The minimum Gasteiger partial charge on any atom is -0.376 e. The first-order chi connectivity index (χ1) is 10.2. The van der Waals surface area contributed by atoms with E-state index in [0.29, 0.717) is 6.10 Å². The average molecular weight is 289 g/mol. The molecule has 1 fully saturated rings. The third kappa shape index (κ3) is 2.76. The number of carbonyl (C=O) groups excluding carboxylic acids is 1. The standard InChI is InChI=1S/C16H23N3O2/c1-3-19(10-12-5-4-8-21-12)11-6-7-13-14(9-11)18-16(20)15(13)17-2/h6-7,9,12,15,17H,3-5,8,10H2,1-2H3,(H,18,20). The summed E-state index contributed by atoms with van der Waals surface area (Å²) in [4.78, 5) is 14.2. The number of benzene rings is 1. The Morgan fingerprint density at radius 3 is 3.00 bits per heavy atom. The highest BCUT2D eigenvalue weighted by Crippen LogP contribution is 2.34. The lowest BCUT2D eigenvalue weighted by Gasteiger charge is -2.26. The number of hydrogen-bond acceptors (Lipinski definition) is 4. The predicted molar refractivity (Wildman–Crippen MR) is 83.7 cm³/mol. The number of ether oxygens (including phenoxy) is 1. The molecule has 2 aliphatic rings. The monoisotopic (exact) mass is 289 g/mol. The van der Waals surface area contributed by atoms with E-state index in [4.69, 9.17) is 4.74 Å². The molecule has 21 heavy (non-hydrogen) atoms. The van der Waals surface area contributed by atoms with Gasteiger partial charge >= 0.3 is 0 Å². The lowest BCUT2D eigenvalue weighted by molar-refractivity contribution is -0.117. The number of nitrogens with one attached hydrogen (secondary N) is 2. The summed E-state index contributed by atoms with van der Waals surface area (Å²) in [6.45, 7) is 4.88. The Hall–Kier alpha value is -1.59. The summed E-state index contributed by atoms with van der Waals surface area (Å²) in [6.07, 6.45) is 2.63. The Balaban J connectivity index is 1.79. The normalized spacial score (nSPS) is 24.0. The van der Waals surface area contributed by atoms with Crippen LogP contribution in [0, 0.1) is 0 Å². The highest BCUT2D eigenvalue weighted by atomic mass is 16.5. The largest absolute Gasteiger partial charge is 0.376 e. The van der Waals surface area contributed by atoms with Gasteiger partial charge < -0.3 is 20.3 Å². The smallest absolute Gasteiger partial charge is 0.246 e. The van der Waals surface area contributed by atoms with E-state index in [1.807, 2.05) is 13.1 Å². The molecule has 5 heteroatoms. The molecule has 0 bridgehead atoms. The van der Waals surface area contributed by atoms with Gasteiger partial charge in [0.25, 0.3) is 0 Å². The Kier molecular flexibility index (Phi) is 4.12. The maximum atomic E-state index is 11.9. The van der Waals surface area contributed by atoms with Gasteiger partial charge in [-0.3, -0.25) is 4.79 Å². The second-order valence-electron chi connectivity index (χ2n) is 5.66. The van der Waals surface area contributed by atoms with Crippen molar-refractivity contribution >= 4 is 17.3 Å². The molecule has 2 unspecified atom stereocenters. The maximum Gasteiger partial charge on any atom is 0.246 e. The van der Waals surface area contributed by atoms with E-state index in [-0.39, 0.29) is 11.9 Å². The van der Waals surface area contributed by atoms with Crippen LogP contribution in [-0.4, -0.2) is 38.8 Å². The van der Waals surface area contributed by atoms with Crippen LogP contribution in [0.15, 0.2) is 18.2 Å². The topological polar surface area (TPSA) is 53.6 Å². The molecule has 0 saturated carbocycles. The zero-order valence-corrected chi connectivity index (χ0v) is 12.7. The van der Waals surface area contributed by atoms with E-state index in [0.717, 1.165) is 49.5 Å². The van der Waals surface area contributed by atoms with E-state index in [2.05, 4.69) is 34.6 Å². The summed E-state index contributed by atoms with van der Waals surface area (Å²) in [5.41, 5.74) is 3.09. The lowest BCUT2D eigenvalue weighted by Crippen LogP contribution is -2.32. The third-order valence-electron chi connectivity index (χ3n) is 4.35. The third-order valence-corrected chi connectivity index (χ3v) is 4.35. The second-order valence-corrected chi connectivity index (χ2v) is 5.66. The molecule has 1 aromatic carbocycles. The van der Waals surface area contributed by atoms with Crippen LogP contribution in [0.1, 0.15) is 31.4 Å². The van der Waals surface area contributed by atoms with E-state index >= 15 is 0 Å². The van der Waals surface area contributed by atoms with Crippen molar-refractivity contribution in [1.29, 1.82) is 0 Å². The van der Waals surface area contributed by atoms with Gasteiger partial charge in [0.2, 0.25) is 5.91 Å². The quantitative estimate of drug-likeness (QED) is 0.869. The molecular weight excluding hydrogens is 266 g/mol. The van der Waals surface area contributed by atoms with Crippen LogP contribution >= 0.6 is 0 Å². The van der Waals surface area contributed by atoms with Crippen molar-refractivity contribution in [3.05, 3.63) is 23.8 Å². The van der Waals surface area contributed by atoms with Crippen molar-refractivity contribution in [2.45, 2.75) is 31.9 Å². The molecule has 2 heterocycles. The molecule has 0 aliphatic carbocycles. The summed E-state index contributed by atoms with van der Waals surface area (Å²) < 4.78 is 5.73. The van der Waals surface area contributed by atoms with Crippen LogP contribution in [0.2, 0.25) is 0 Å². The van der Waals surface area contributed by atoms with Crippen molar-refractivity contribution in [2.24, 2.45) is 0 Å². The van der Waals surface area contributed by atoms with Gasteiger partial charge in [0.15, 0.2) is 0 Å². The Morgan fingerprint density at radius 1 is 1.48 bits per heavy atom. The molecule has 1 amide bonds. The molecule has 2 atom stereocenters. The van der Waals surface area contributed by atoms with E-state index in [9.17, 15) is 4.79 Å². The first kappa shape index (κ1) is 14.4. The fourth-order valence-corrected chi connectivity index (χ4v) is 3.18. The maximum absolute atomic E-state index is 11.9. The van der Waals surface area contributed by atoms with Crippen molar-refractivity contribution in [2.75, 3.05) is 37.0 Å². The summed E-state index contributed by atoms with van der Waals surface area (Å²) >= 11 is 0. The van der Waals surface area contributed by atoms with Crippen molar-refractivity contribution in [3.8, 4) is 0 Å². The van der Waals surface area contributed by atoms with Crippen molar-refractivity contribution in [3.63, 3.8) is 0 Å².